The van der Waals surface area contributed by atoms with E-state index in [0.29, 0.717) is 11.4 Å². The summed E-state index contributed by atoms with van der Waals surface area (Å²) in [4.78, 5) is 20.1. The van der Waals surface area contributed by atoms with E-state index >= 15 is 0 Å². The van der Waals surface area contributed by atoms with Crippen LogP contribution in [-0.2, 0) is 6.54 Å². The van der Waals surface area contributed by atoms with Crippen molar-refractivity contribution < 1.29 is 27.4 Å². The van der Waals surface area contributed by atoms with E-state index in [0.717, 1.165) is 17.3 Å². The lowest BCUT2D eigenvalue weighted by molar-refractivity contribution is -0.154. The highest BCUT2D eigenvalue weighted by Crippen LogP contribution is 2.23. The summed E-state index contributed by atoms with van der Waals surface area (Å²) >= 11 is 0. The Bertz CT molecular complexity index is 777. The van der Waals surface area contributed by atoms with Crippen molar-refractivity contribution in [2.45, 2.75) is 26.6 Å². The molecule has 0 aromatic carbocycles. The monoisotopic (exact) mass is 369 g/mol. The predicted molar refractivity (Wildman–Crippen MR) is 87.2 cm³/mol. The van der Waals surface area contributed by atoms with Crippen LogP contribution in [0.4, 0.5) is 13.2 Å². The van der Waals surface area contributed by atoms with E-state index in [-0.39, 0.29) is 18.0 Å². The highest BCUT2D eigenvalue weighted by molar-refractivity contribution is 5.93. The van der Waals surface area contributed by atoms with Crippen LogP contribution in [0.5, 0.6) is 11.6 Å². The lowest BCUT2D eigenvalue weighted by Crippen LogP contribution is -2.24. The smallest absolute Gasteiger partial charge is 0.422 e. The molecular formula is C17H18F3N3O3. The Labute approximate surface area is 148 Å². The molecule has 1 N–H and O–H groups in total. The van der Waals surface area contributed by atoms with Gasteiger partial charge in [-0.25, -0.2) is 4.98 Å². The number of methoxy groups -OCH3 is 1. The third-order valence-electron chi connectivity index (χ3n) is 3.55. The van der Waals surface area contributed by atoms with E-state index < -0.39 is 18.7 Å². The predicted octanol–water partition coefficient (Wildman–Crippen LogP) is 2.97. The molecule has 0 atom stereocenters. The number of amides is 1. The lowest BCUT2D eigenvalue weighted by Gasteiger charge is -2.13. The first-order valence-electron chi connectivity index (χ1n) is 7.64. The molecule has 0 spiro atoms. The molecule has 6 nitrogen and oxygen atoms in total. The number of ether oxygens (including phenoxy) is 2. The number of hydrogen-bond donors (Lipinski definition) is 1. The van der Waals surface area contributed by atoms with Crippen molar-refractivity contribution in [1.82, 2.24) is 15.3 Å². The molecule has 0 unspecified atom stereocenters. The molecule has 2 rings (SSSR count). The zero-order chi connectivity index (χ0) is 19.3. The van der Waals surface area contributed by atoms with Gasteiger partial charge >= 0.3 is 6.18 Å². The van der Waals surface area contributed by atoms with Gasteiger partial charge in [0, 0.05) is 29.6 Å². The van der Waals surface area contributed by atoms with Crippen molar-refractivity contribution in [3.05, 3.63) is 46.9 Å². The highest BCUT2D eigenvalue weighted by Gasteiger charge is 2.28. The quantitative estimate of drug-likeness (QED) is 0.848. The molecule has 0 bridgehead atoms. The van der Waals surface area contributed by atoms with Gasteiger partial charge in [0.05, 0.1) is 24.9 Å². The summed E-state index contributed by atoms with van der Waals surface area (Å²) in [5.74, 6) is 0.0670. The summed E-state index contributed by atoms with van der Waals surface area (Å²) in [6, 6.07) is 2.54. The van der Waals surface area contributed by atoms with Crippen LogP contribution in [0, 0.1) is 13.8 Å². The molecule has 0 radical (unpaired) electrons. The SMILES string of the molecule is COc1c(C)cnc(CNC(=O)c2ccc(OCC(F)(F)F)nc2)c1C. The summed E-state index contributed by atoms with van der Waals surface area (Å²) in [6.45, 7) is 2.45. The van der Waals surface area contributed by atoms with Gasteiger partial charge in [-0.1, -0.05) is 0 Å². The Morgan fingerprint density at radius 2 is 1.92 bits per heavy atom. The summed E-state index contributed by atoms with van der Waals surface area (Å²) in [5, 5.41) is 2.68. The van der Waals surface area contributed by atoms with E-state index in [9.17, 15) is 18.0 Å². The van der Waals surface area contributed by atoms with Crippen LogP contribution >= 0.6 is 0 Å². The molecule has 0 aliphatic rings. The number of aromatic nitrogens is 2. The van der Waals surface area contributed by atoms with E-state index in [1.165, 1.54) is 12.1 Å². The van der Waals surface area contributed by atoms with Gasteiger partial charge in [-0.2, -0.15) is 13.2 Å². The normalized spacial score (nSPS) is 11.2. The molecule has 0 aliphatic heterocycles. The van der Waals surface area contributed by atoms with E-state index in [4.69, 9.17) is 4.74 Å². The fourth-order valence-electron chi connectivity index (χ4n) is 2.27. The van der Waals surface area contributed by atoms with Crippen molar-refractivity contribution in [2.24, 2.45) is 0 Å². The van der Waals surface area contributed by atoms with Gasteiger partial charge in [-0.3, -0.25) is 9.78 Å². The number of hydrogen-bond acceptors (Lipinski definition) is 5. The van der Waals surface area contributed by atoms with Gasteiger partial charge in [-0.05, 0) is 19.9 Å². The number of nitrogens with zero attached hydrogens (tertiary/aromatic N) is 2. The highest BCUT2D eigenvalue weighted by atomic mass is 19.4. The lowest BCUT2D eigenvalue weighted by atomic mass is 10.1. The first-order chi connectivity index (χ1) is 12.2. The van der Waals surface area contributed by atoms with Crippen LogP contribution in [0.15, 0.2) is 24.5 Å². The minimum atomic E-state index is -4.45. The van der Waals surface area contributed by atoms with Gasteiger partial charge in [0.2, 0.25) is 5.88 Å². The number of halogens is 3. The molecule has 140 valence electrons. The summed E-state index contributed by atoms with van der Waals surface area (Å²) in [6.07, 6.45) is -1.64. The molecule has 2 aromatic heterocycles. The minimum Gasteiger partial charge on any atom is -0.496 e. The number of alkyl halides is 3. The first-order valence-corrected chi connectivity index (χ1v) is 7.64. The molecule has 1 amide bonds. The van der Waals surface area contributed by atoms with Crippen molar-refractivity contribution in [3.63, 3.8) is 0 Å². The van der Waals surface area contributed by atoms with E-state index in [1.54, 1.807) is 13.3 Å². The second-order valence-electron chi connectivity index (χ2n) is 5.52. The van der Waals surface area contributed by atoms with Crippen LogP contribution < -0.4 is 14.8 Å². The fraction of sp³-hybridized carbons (Fsp3) is 0.353. The summed E-state index contributed by atoms with van der Waals surface area (Å²) in [7, 11) is 1.56. The number of aryl methyl sites for hydroxylation is 1. The fourth-order valence-corrected chi connectivity index (χ4v) is 2.27. The van der Waals surface area contributed by atoms with Crippen molar-refractivity contribution in [1.29, 1.82) is 0 Å². The standard InChI is InChI=1S/C17H18F3N3O3/c1-10-6-21-13(11(2)15(10)25-3)8-23-16(24)12-4-5-14(22-7-12)26-9-17(18,19)20/h4-7H,8-9H2,1-3H3,(H,23,24). The van der Waals surface area contributed by atoms with Crippen LogP contribution in [0.3, 0.4) is 0 Å². The molecule has 0 saturated heterocycles. The van der Waals surface area contributed by atoms with Crippen molar-refractivity contribution in [2.75, 3.05) is 13.7 Å². The average Bonchev–Trinajstić information content (AvgIpc) is 2.59. The molecular weight excluding hydrogens is 351 g/mol. The molecule has 26 heavy (non-hydrogen) atoms. The number of pyridine rings is 2. The maximum Gasteiger partial charge on any atom is 0.422 e. The maximum absolute atomic E-state index is 12.1. The third-order valence-corrected chi connectivity index (χ3v) is 3.55. The summed E-state index contributed by atoms with van der Waals surface area (Å²) < 4.78 is 46.1. The molecule has 0 saturated carbocycles. The van der Waals surface area contributed by atoms with Crippen LogP contribution in [0.25, 0.3) is 0 Å². The second kappa shape index (κ2) is 8.03. The Kier molecular flexibility index (Phi) is 6.01. The number of nitrogens with one attached hydrogen (secondary N) is 1. The number of carbonyl (C=O) groups excluding carboxylic acids is 1. The zero-order valence-electron chi connectivity index (χ0n) is 14.5. The van der Waals surface area contributed by atoms with Crippen molar-refractivity contribution in [3.8, 4) is 11.6 Å². The topological polar surface area (TPSA) is 73.3 Å². The average molecular weight is 369 g/mol. The Hall–Kier alpha value is -2.84. The number of carbonyl (C=O) groups is 1. The number of rotatable bonds is 6. The largest absolute Gasteiger partial charge is 0.496 e. The van der Waals surface area contributed by atoms with Gasteiger partial charge in [0.1, 0.15) is 5.75 Å². The Balaban J connectivity index is 1.98. The molecule has 2 heterocycles. The first kappa shape index (κ1) is 19.5. The van der Waals surface area contributed by atoms with Crippen LogP contribution in [0.2, 0.25) is 0 Å². The van der Waals surface area contributed by atoms with Crippen LogP contribution in [0.1, 0.15) is 27.2 Å². The Morgan fingerprint density at radius 1 is 1.19 bits per heavy atom. The van der Waals surface area contributed by atoms with Gasteiger partial charge in [0.25, 0.3) is 5.91 Å². The van der Waals surface area contributed by atoms with Crippen molar-refractivity contribution >= 4 is 5.91 Å². The summed E-state index contributed by atoms with van der Waals surface area (Å²) in [5.41, 5.74) is 2.56. The third kappa shape index (κ3) is 5.08. The van der Waals surface area contributed by atoms with Crippen LogP contribution in [-0.4, -0.2) is 35.8 Å². The van der Waals surface area contributed by atoms with Gasteiger partial charge < -0.3 is 14.8 Å². The Morgan fingerprint density at radius 3 is 2.50 bits per heavy atom. The molecule has 9 heteroatoms. The van der Waals surface area contributed by atoms with E-state index in [1.807, 2.05) is 13.8 Å². The second-order valence-corrected chi connectivity index (χ2v) is 5.52. The molecule has 0 fully saturated rings. The van der Waals surface area contributed by atoms with Gasteiger partial charge in [0.15, 0.2) is 6.61 Å². The maximum atomic E-state index is 12.1. The molecule has 2 aromatic rings. The molecule has 0 aliphatic carbocycles. The van der Waals surface area contributed by atoms with E-state index in [2.05, 4.69) is 20.0 Å². The zero-order valence-corrected chi connectivity index (χ0v) is 14.5. The van der Waals surface area contributed by atoms with Gasteiger partial charge in [-0.15, -0.1) is 0 Å². The minimum absolute atomic E-state index is 0.174.